The van der Waals surface area contributed by atoms with Crippen LogP contribution in [0.25, 0.3) is 10.9 Å². The van der Waals surface area contributed by atoms with Gasteiger partial charge in [0.1, 0.15) is 23.5 Å². The smallest absolute Gasteiger partial charge is 0.271 e. The molecule has 1 aromatic carbocycles. The fourth-order valence-corrected chi connectivity index (χ4v) is 5.43. The molecule has 0 radical (unpaired) electrons. The van der Waals surface area contributed by atoms with Crippen LogP contribution in [-0.4, -0.2) is 65.8 Å². The molecular weight excluding hydrogens is 438 g/mol. The molecule has 0 spiro atoms. The monoisotopic (exact) mass is 467 g/mol. The molecule has 5 rings (SSSR count). The van der Waals surface area contributed by atoms with Gasteiger partial charge in [-0.15, -0.1) is 0 Å². The Morgan fingerprint density at radius 1 is 1.32 bits per heavy atom. The van der Waals surface area contributed by atoms with Gasteiger partial charge in [-0.25, -0.2) is 0 Å². The predicted molar refractivity (Wildman–Crippen MR) is 123 cm³/mol. The summed E-state index contributed by atoms with van der Waals surface area (Å²) in [6.07, 6.45) is 2.49. The molecule has 1 unspecified atom stereocenters. The Morgan fingerprint density at radius 2 is 2.15 bits per heavy atom. The van der Waals surface area contributed by atoms with Crippen molar-refractivity contribution in [3.8, 4) is 5.75 Å². The Bertz CT molecular complexity index is 1160. The number of piperidine rings is 2. The highest BCUT2D eigenvalue weighted by molar-refractivity contribution is 6.02. The van der Waals surface area contributed by atoms with E-state index in [4.69, 9.17) is 10.5 Å². The molecular formula is C24H29N5O5. The fourth-order valence-electron chi connectivity index (χ4n) is 5.43. The lowest BCUT2D eigenvalue weighted by Gasteiger charge is -2.29. The second kappa shape index (κ2) is 8.66. The summed E-state index contributed by atoms with van der Waals surface area (Å²) in [6, 6.07) is 5.62. The average molecular weight is 468 g/mol. The Balaban J connectivity index is 1.33. The molecule has 10 nitrogen and oxygen atoms in total. The number of likely N-dealkylation sites (tertiary alicyclic amines) is 1. The van der Waals surface area contributed by atoms with Gasteiger partial charge in [0.2, 0.25) is 17.7 Å². The zero-order valence-electron chi connectivity index (χ0n) is 19.0. The Morgan fingerprint density at radius 3 is 2.88 bits per heavy atom. The number of methoxy groups -OCH3 is 1. The number of amides is 4. The molecule has 5 atom stereocenters. The number of hydrogen-bond acceptors (Lipinski definition) is 5. The Hall–Kier alpha value is -3.56. The van der Waals surface area contributed by atoms with Crippen LogP contribution >= 0.6 is 0 Å². The number of nitrogens with two attached hydrogens (primary N) is 1. The van der Waals surface area contributed by atoms with Crippen molar-refractivity contribution in [1.29, 1.82) is 0 Å². The van der Waals surface area contributed by atoms with Crippen LogP contribution in [0.4, 0.5) is 0 Å². The van der Waals surface area contributed by atoms with Gasteiger partial charge >= 0.3 is 0 Å². The van der Waals surface area contributed by atoms with Gasteiger partial charge in [-0.3, -0.25) is 19.2 Å². The van der Waals surface area contributed by atoms with Crippen LogP contribution in [0.15, 0.2) is 24.3 Å². The number of carbonyl (C=O) groups is 4. The second-order valence-corrected chi connectivity index (χ2v) is 9.50. The molecule has 3 aliphatic rings. The van der Waals surface area contributed by atoms with Gasteiger partial charge in [-0.05, 0) is 55.7 Å². The van der Waals surface area contributed by atoms with E-state index >= 15 is 0 Å². The molecule has 2 saturated heterocycles. The van der Waals surface area contributed by atoms with Crippen LogP contribution in [0.2, 0.25) is 0 Å². The number of H-pyrrole nitrogens is 1. The summed E-state index contributed by atoms with van der Waals surface area (Å²) in [5.74, 6) is -0.854. The molecule has 0 bridgehead atoms. The van der Waals surface area contributed by atoms with E-state index in [0.29, 0.717) is 31.0 Å². The zero-order chi connectivity index (χ0) is 24.0. The summed E-state index contributed by atoms with van der Waals surface area (Å²) in [5.41, 5.74) is 6.71. The molecule has 1 aliphatic carbocycles. The third-order valence-electron chi connectivity index (χ3n) is 7.33. The molecule has 4 amide bonds. The minimum Gasteiger partial charge on any atom is -0.496 e. The zero-order valence-corrected chi connectivity index (χ0v) is 19.0. The summed E-state index contributed by atoms with van der Waals surface area (Å²) in [4.78, 5) is 55.6. The van der Waals surface area contributed by atoms with Gasteiger partial charge in [0, 0.05) is 29.9 Å². The fraction of sp³-hybridized carbons (Fsp3) is 0.500. The topological polar surface area (TPSA) is 147 Å². The number of carbonyl (C=O) groups excluding carboxylic acids is 4. The largest absolute Gasteiger partial charge is 0.496 e. The van der Waals surface area contributed by atoms with E-state index < -0.39 is 23.9 Å². The third-order valence-corrected chi connectivity index (χ3v) is 7.33. The summed E-state index contributed by atoms with van der Waals surface area (Å²) in [5, 5.41) is 6.33. The lowest BCUT2D eigenvalue weighted by Crippen LogP contribution is -2.54. The lowest BCUT2D eigenvalue weighted by atomic mass is 9.91. The minimum atomic E-state index is -0.964. The number of primary amides is 1. The van der Waals surface area contributed by atoms with Crippen molar-refractivity contribution in [2.45, 2.75) is 37.8 Å². The first-order valence-electron chi connectivity index (χ1n) is 11.7. The van der Waals surface area contributed by atoms with Crippen molar-refractivity contribution in [2.24, 2.45) is 23.5 Å². The quantitative estimate of drug-likeness (QED) is 0.469. The number of benzene rings is 1. The first-order valence-corrected chi connectivity index (χ1v) is 11.7. The van der Waals surface area contributed by atoms with Crippen molar-refractivity contribution in [1.82, 2.24) is 20.5 Å². The number of aromatic nitrogens is 1. The SMILES string of the molecule is COc1cccc2[nH]c(C(=O)N3C[C@@H]4CC4[C@H]3C(=O)N[C@@H](C[C@@H]3CCCNC3=O)C(N)=O)cc12. The first-order chi connectivity index (χ1) is 16.4. The summed E-state index contributed by atoms with van der Waals surface area (Å²) in [6.45, 7) is 1.10. The Labute approximate surface area is 196 Å². The van der Waals surface area contributed by atoms with Crippen LogP contribution in [0.5, 0.6) is 5.75 Å². The predicted octanol–water partition coefficient (Wildman–Crippen LogP) is 0.523. The van der Waals surface area contributed by atoms with E-state index in [1.807, 2.05) is 18.2 Å². The molecule has 2 aromatic rings. The van der Waals surface area contributed by atoms with Gasteiger partial charge in [0.15, 0.2) is 0 Å². The molecule has 1 aromatic heterocycles. The van der Waals surface area contributed by atoms with Crippen LogP contribution in [0, 0.1) is 17.8 Å². The van der Waals surface area contributed by atoms with Gasteiger partial charge in [0.05, 0.1) is 7.11 Å². The number of hydrogen-bond donors (Lipinski definition) is 4. The number of rotatable bonds is 7. The lowest BCUT2D eigenvalue weighted by molar-refractivity contribution is -0.132. The molecule has 34 heavy (non-hydrogen) atoms. The normalized spacial score (nSPS) is 26.5. The van der Waals surface area contributed by atoms with Crippen LogP contribution < -0.4 is 21.1 Å². The number of ether oxygens (including phenoxy) is 1. The summed E-state index contributed by atoms with van der Waals surface area (Å²) in [7, 11) is 1.57. The number of nitrogens with zero attached hydrogens (tertiary/aromatic N) is 1. The number of nitrogens with one attached hydrogen (secondary N) is 3. The van der Waals surface area contributed by atoms with Crippen LogP contribution in [-0.2, 0) is 14.4 Å². The van der Waals surface area contributed by atoms with Crippen molar-refractivity contribution in [3.05, 3.63) is 30.0 Å². The van der Waals surface area contributed by atoms with Gasteiger partial charge in [-0.1, -0.05) is 6.07 Å². The van der Waals surface area contributed by atoms with E-state index in [1.165, 1.54) is 0 Å². The molecule has 1 saturated carbocycles. The van der Waals surface area contributed by atoms with Crippen molar-refractivity contribution < 1.29 is 23.9 Å². The van der Waals surface area contributed by atoms with E-state index in [2.05, 4.69) is 15.6 Å². The van der Waals surface area contributed by atoms with Crippen LogP contribution in [0.3, 0.4) is 0 Å². The molecule has 3 heterocycles. The maximum Gasteiger partial charge on any atom is 0.271 e. The highest BCUT2D eigenvalue weighted by Crippen LogP contribution is 2.50. The maximum absolute atomic E-state index is 13.4. The van der Waals surface area contributed by atoms with Crippen molar-refractivity contribution in [2.75, 3.05) is 20.2 Å². The Kier molecular flexibility index (Phi) is 5.66. The maximum atomic E-state index is 13.4. The van der Waals surface area contributed by atoms with E-state index in [0.717, 1.165) is 23.7 Å². The van der Waals surface area contributed by atoms with E-state index in [9.17, 15) is 19.2 Å². The highest BCUT2D eigenvalue weighted by Gasteiger charge is 2.57. The van der Waals surface area contributed by atoms with Crippen molar-refractivity contribution >= 4 is 34.5 Å². The molecule has 5 N–H and O–H groups in total. The van der Waals surface area contributed by atoms with E-state index in [1.54, 1.807) is 18.1 Å². The molecule has 180 valence electrons. The van der Waals surface area contributed by atoms with Gasteiger partial charge in [-0.2, -0.15) is 0 Å². The van der Waals surface area contributed by atoms with E-state index in [-0.39, 0.29) is 36.0 Å². The van der Waals surface area contributed by atoms with Crippen molar-refractivity contribution in [3.63, 3.8) is 0 Å². The molecule has 3 fully saturated rings. The van der Waals surface area contributed by atoms with Crippen LogP contribution in [0.1, 0.15) is 36.2 Å². The molecule has 2 aliphatic heterocycles. The second-order valence-electron chi connectivity index (χ2n) is 9.50. The summed E-state index contributed by atoms with van der Waals surface area (Å²) >= 11 is 0. The number of fused-ring (bicyclic) bond motifs is 2. The summed E-state index contributed by atoms with van der Waals surface area (Å²) < 4.78 is 5.38. The third kappa shape index (κ3) is 3.97. The first kappa shape index (κ1) is 22.2. The number of aromatic amines is 1. The minimum absolute atomic E-state index is 0.0642. The molecule has 10 heteroatoms. The van der Waals surface area contributed by atoms with Gasteiger partial charge < -0.3 is 31.0 Å². The average Bonchev–Trinajstić information content (AvgIpc) is 3.27. The van der Waals surface area contributed by atoms with Gasteiger partial charge in [0.25, 0.3) is 5.91 Å². The standard InChI is InChI=1S/C24H29N5O5/c1-34-19-6-2-5-16-15(19)10-18(27-16)24(33)29-11-13-8-14(13)20(29)23(32)28-17(21(25)30)9-12-4-3-7-26-22(12)31/h2,5-6,10,12-14,17,20,27H,3-4,7-9,11H2,1H3,(H2,25,30)(H,26,31)(H,28,32)/t12-,13-,14?,17-,20-/m0/s1. The highest BCUT2D eigenvalue weighted by atomic mass is 16.5.